The maximum Gasteiger partial charge on any atom is 0.260 e. The Labute approximate surface area is 193 Å². The van der Waals surface area contributed by atoms with Gasteiger partial charge in [-0.15, -0.1) is 12.4 Å². The molecular weight excluding hydrogens is 458 g/mol. The monoisotopic (exact) mass is 483 g/mol. The van der Waals surface area contributed by atoms with Crippen molar-refractivity contribution < 1.29 is 17.9 Å². The summed E-state index contributed by atoms with van der Waals surface area (Å²) >= 11 is 1.43. The van der Waals surface area contributed by atoms with Gasteiger partial charge in [0.05, 0.1) is 16.7 Å². The molecule has 3 rings (SSSR count). The van der Waals surface area contributed by atoms with Gasteiger partial charge >= 0.3 is 0 Å². The molecule has 0 spiro atoms. The lowest BCUT2D eigenvalue weighted by Crippen LogP contribution is -2.33. The molecule has 7 nitrogen and oxygen atoms in total. The van der Waals surface area contributed by atoms with Gasteiger partial charge in [-0.25, -0.2) is 13.4 Å². The first kappa shape index (κ1) is 25.1. The first-order chi connectivity index (χ1) is 14.2. The molecule has 0 aliphatic heterocycles. The summed E-state index contributed by atoms with van der Waals surface area (Å²) in [5.74, 6) is 0.444. The zero-order valence-electron chi connectivity index (χ0n) is 17.9. The Hall–Kier alpha value is -2.20. The van der Waals surface area contributed by atoms with Gasteiger partial charge in [0, 0.05) is 18.4 Å². The van der Waals surface area contributed by atoms with Crippen LogP contribution in [0.3, 0.4) is 0 Å². The molecule has 0 fully saturated rings. The standard InChI is InChI=1S/C21H25N3O4S2.ClH/c1-23(2)13-6-14-24(20(25)15-9-11-16(12-10-15)30(4,26)27)21-22-19-17(28-3)7-5-8-18(19)29-21;/h5,7-12H,6,13-14H2,1-4H3;1H. The number of halogens is 1. The Balaban J connectivity index is 0.00000341. The fourth-order valence-electron chi connectivity index (χ4n) is 3.02. The van der Waals surface area contributed by atoms with Crippen molar-refractivity contribution in [2.45, 2.75) is 11.3 Å². The number of benzene rings is 2. The van der Waals surface area contributed by atoms with Gasteiger partial charge in [0.1, 0.15) is 11.3 Å². The maximum atomic E-state index is 13.3. The summed E-state index contributed by atoms with van der Waals surface area (Å²) in [6.07, 6.45) is 1.92. The van der Waals surface area contributed by atoms with Gasteiger partial charge in [0.2, 0.25) is 0 Å². The van der Waals surface area contributed by atoms with Crippen molar-refractivity contribution >= 4 is 54.8 Å². The van der Waals surface area contributed by atoms with Crippen LogP contribution in [0.25, 0.3) is 10.2 Å². The van der Waals surface area contributed by atoms with Gasteiger partial charge in [0.25, 0.3) is 5.91 Å². The lowest BCUT2D eigenvalue weighted by Gasteiger charge is -2.21. The van der Waals surface area contributed by atoms with Crippen molar-refractivity contribution in [2.24, 2.45) is 0 Å². The fraction of sp³-hybridized carbons (Fsp3) is 0.333. The molecule has 2 aromatic carbocycles. The summed E-state index contributed by atoms with van der Waals surface area (Å²) < 4.78 is 29.8. The number of thiazole rings is 1. The quantitative estimate of drug-likeness (QED) is 0.485. The molecule has 10 heteroatoms. The van der Waals surface area contributed by atoms with Crippen LogP contribution >= 0.6 is 23.7 Å². The number of fused-ring (bicyclic) bond motifs is 1. The van der Waals surface area contributed by atoms with Crippen LogP contribution in [0.1, 0.15) is 16.8 Å². The minimum Gasteiger partial charge on any atom is -0.494 e. The smallest absolute Gasteiger partial charge is 0.260 e. The Bertz CT molecular complexity index is 1150. The van der Waals surface area contributed by atoms with Crippen LogP contribution in [0, 0.1) is 0 Å². The largest absolute Gasteiger partial charge is 0.494 e. The summed E-state index contributed by atoms with van der Waals surface area (Å²) in [5.41, 5.74) is 1.14. The molecule has 0 aliphatic carbocycles. The number of sulfone groups is 1. The normalized spacial score (nSPS) is 11.4. The highest BCUT2D eigenvalue weighted by Gasteiger charge is 2.22. The van der Waals surface area contributed by atoms with E-state index in [2.05, 4.69) is 9.88 Å². The summed E-state index contributed by atoms with van der Waals surface area (Å²) in [5, 5.41) is 0.588. The number of rotatable bonds is 8. The van der Waals surface area contributed by atoms with Crippen LogP contribution in [0.4, 0.5) is 5.13 Å². The molecule has 1 aromatic heterocycles. The molecule has 0 bridgehead atoms. The highest BCUT2D eigenvalue weighted by atomic mass is 35.5. The Kier molecular flexibility index (Phi) is 8.41. The molecule has 1 heterocycles. The lowest BCUT2D eigenvalue weighted by atomic mass is 10.2. The third-order valence-corrected chi connectivity index (χ3v) is 6.76. The maximum absolute atomic E-state index is 13.3. The molecule has 168 valence electrons. The van der Waals surface area contributed by atoms with Crippen LogP contribution in [0.15, 0.2) is 47.4 Å². The number of amides is 1. The third kappa shape index (κ3) is 5.94. The van der Waals surface area contributed by atoms with E-state index < -0.39 is 9.84 Å². The molecule has 31 heavy (non-hydrogen) atoms. The number of carbonyl (C=O) groups is 1. The molecular formula is C21H26ClN3O4S2. The second kappa shape index (κ2) is 10.4. The highest BCUT2D eigenvalue weighted by Crippen LogP contribution is 2.34. The van der Waals surface area contributed by atoms with E-state index in [1.54, 1.807) is 24.1 Å². The van der Waals surface area contributed by atoms with Crippen LogP contribution in [0.2, 0.25) is 0 Å². The summed E-state index contributed by atoms with van der Waals surface area (Å²) in [4.78, 5) is 21.9. The Morgan fingerprint density at radius 2 is 1.77 bits per heavy atom. The zero-order chi connectivity index (χ0) is 21.9. The average molecular weight is 484 g/mol. The van der Waals surface area contributed by atoms with Crippen molar-refractivity contribution in [1.82, 2.24) is 9.88 Å². The van der Waals surface area contributed by atoms with Crippen molar-refractivity contribution in [3.63, 3.8) is 0 Å². The summed E-state index contributed by atoms with van der Waals surface area (Å²) in [6, 6.07) is 11.7. The first-order valence-electron chi connectivity index (χ1n) is 9.41. The fourth-order valence-corrected chi connectivity index (χ4v) is 4.66. The lowest BCUT2D eigenvalue weighted by molar-refractivity contribution is 0.0986. The van der Waals surface area contributed by atoms with E-state index in [1.165, 1.54) is 23.5 Å². The summed E-state index contributed by atoms with van der Waals surface area (Å²) in [6.45, 7) is 1.32. The van der Waals surface area contributed by atoms with E-state index in [9.17, 15) is 13.2 Å². The number of para-hydroxylation sites is 1. The van der Waals surface area contributed by atoms with Crippen LogP contribution in [0.5, 0.6) is 5.75 Å². The Morgan fingerprint density at radius 1 is 1.10 bits per heavy atom. The SMILES string of the molecule is COc1cccc2sc(N(CCCN(C)C)C(=O)c3ccc(S(C)(=O)=O)cc3)nc12.Cl. The van der Waals surface area contributed by atoms with Crippen LogP contribution in [-0.2, 0) is 9.84 Å². The molecule has 0 saturated carbocycles. The number of ether oxygens (including phenoxy) is 1. The number of anilines is 1. The summed E-state index contributed by atoms with van der Waals surface area (Å²) in [7, 11) is 2.24. The van der Waals surface area contributed by atoms with E-state index in [1.807, 2.05) is 32.3 Å². The second-order valence-electron chi connectivity index (χ2n) is 7.21. The number of nitrogens with zero attached hydrogens (tertiary/aromatic N) is 3. The number of hydrogen-bond acceptors (Lipinski definition) is 7. The molecule has 0 atom stereocenters. The zero-order valence-corrected chi connectivity index (χ0v) is 20.3. The van der Waals surface area contributed by atoms with E-state index >= 15 is 0 Å². The van der Waals surface area contributed by atoms with E-state index in [0.717, 1.165) is 29.4 Å². The second-order valence-corrected chi connectivity index (χ2v) is 10.2. The molecule has 0 N–H and O–H groups in total. The predicted octanol–water partition coefficient (Wildman–Crippen LogP) is 3.73. The van der Waals surface area contributed by atoms with Gasteiger partial charge in [-0.2, -0.15) is 0 Å². The van der Waals surface area contributed by atoms with Gasteiger partial charge < -0.3 is 9.64 Å². The third-order valence-electron chi connectivity index (χ3n) is 4.58. The van der Waals surface area contributed by atoms with Crippen molar-refractivity contribution in [2.75, 3.05) is 45.5 Å². The number of carbonyl (C=O) groups excluding carboxylic acids is 1. The first-order valence-corrected chi connectivity index (χ1v) is 12.1. The Morgan fingerprint density at radius 3 is 2.35 bits per heavy atom. The molecule has 0 unspecified atom stereocenters. The van der Waals surface area contributed by atoms with Crippen molar-refractivity contribution in [3.05, 3.63) is 48.0 Å². The van der Waals surface area contributed by atoms with Crippen molar-refractivity contribution in [3.8, 4) is 5.75 Å². The van der Waals surface area contributed by atoms with E-state index in [4.69, 9.17) is 4.74 Å². The van der Waals surface area contributed by atoms with Gasteiger partial charge in [-0.1, -0.05) is 17.4 Å². The molecule has 0 radical (unpaired) electrons. The van der Waals surface area contributed by atoms with Gasteiger partial charge in [-0.3, -0.25) is 9.69 Å². The van der Waals surface area contributed by atoms with E-state index in [-0.39, 0.29) is 23.2 Å². The molecule has 3 aromatic rings. The topological polar surface area (TPSA) is 79.8 Å². The highest BCUT2D eigenvalue weighted by molar-refractivity contribution is 7.90. The molecule has 1 amide bonds. The minimum absolute atomic E-state index is 0. The number of methoxy groups -OCH3 is 1. The number of hydrogen-bond donors (Lipinski definition) is 0. The number of aromatic nitrogens is 1. The van der Waals surface area contributed by atoms with Crippen LogP contribution < -0.4 is 9.64 Å². The van der Waals surface area contributed by atoms with Gasteiger partial charge in [0.15, 0.2) is 15.0 Å². The molecule has 0 aliphatic rings. The minimum atomic E-state index is -3.32. The average Bonchev–Trinajstić information content (AvgIpc) is 3.14. The van der Waals surface area contributed by atoms with Gasteiger partial charge in [-0.05, 0) is 63.5 Å². The van der Waals surface area contributed by atoms with Crippen molar-refractivity contribution in [1.29, 1.82) is 0 Å². The molecule has 0 saturated heterocycles. The van der Waals surface area contributed by atoms with E-state index in [0.29, 0.717) is 23.0 Å². The van der Waals surface area contributed by atoms with Crippen LogP contribution in [-0.4, -0.2) is 64.8 Å². The predicted molar refractivity (Wildman–Crippen MR) is 128 cm³/mol.